The molecule has 0 amide bonds. The topological polar surface area (TPSA) is 113 Å². The second-order valence-corrected chi connectivity index (χ2v) is 8.38. The number of halogens is 6. The summed E-state index contributed by atoms with van der Waals surface area (Å²) in [6, 6.07) is 10.4. The van der Waals surface area contributed by atoms with Crippen LogP contribution in [-0.4, -0.2) is 78.4 Å². The van der Waals surface area contributed by atoms with E-state index in [2.05, 4.69) is 48.6 Å². The zero-order valence-corrected chi connectivity index (χ0v) is 20.1. The maximum absolute atomic E-state index is 10.6. The number of aliphatic carboxylic acids is 2. The van der Waals surface area contributed by atoms with Crippen LogP contribution in [0.5, 0.6) is 0 Å². The van der Waals surface area contributed by atoms with Gasteiger partial charge >= 0.3 is 24.3 Å². The number of imidazole rings is 1. The van der Waals surface area contributed by atoms with Crippen LogP contribution >= 0.6 is 0 Å². The summed E-state index contributed by atoms with van der Waals surface area (Å²) in [5, 5.41) is 18.5. The van der Waals surface area contributed by atoms with Crippen LogP contribution in [0.15, 0.2) is 49.1 Å². The molecule has 0 atom stereocenters. The lowest BCUT2D eigenvalue weighted by molar-refractivity contribution is -0.193. The largest absolute Gasteiger partial charge is 0.490 e. The molecule has 1 aromatic carbocycles. The number of hydrogen-bond donors (Lipinski definition) is 2. The Labute approximate surface area is 213 Å². The first kappa shape index (κ1) is 30.6. The maximum Gasteiger partial charge on any atom is 0.490 e. The molecule has 1 aliphatic heterocycles. The number of para-hydroxylation sites is 2. The van der Waals surface area contributed by atoms with E-state index in [1.54, 1.807) is 0 Å². The Balaban J connectivity index is 0.000000301. The Bertz CT molecular complexity index is 1120. The second kappa shape index (κ2) is 13.8. The molecule has 210 valence electrons. The predicted octanol–water partition coefficient (Wildman–Crippen LogP) is 4.30. The minimum Gasteiger partial charge on any atom is -0.475 e. The van der Waals surface area contributed by atoms with Crippen LogP contribution in [0.25, 0.3) is 11.0 Å². The fraction of sp³-hybridized carbons (Fsp3) is 0.478. The normalized spacial score (nSPS) is 14.8. The molecular formula is C23H27F6N5O4. The van der Waals surface area contributed by atoms with Crippen LogP contribution in [0.3, 0.4) is 0 Å². The number of fused-ring (bicyclic) bond motifs is 1. The molecule has 0 saturated carbocycles. The Hall–Kier alpha value is -3.62. The van der Waals surface area contributed by atoms with Crippen molar-refractivity contribution in [3.8, 4) is 0 Å². The molecule has 0 unspecified atom stereocenters. The van der Waals surface area contributed by atoms with Gasteiger partial charge in [0.05, 0.1) is 17.4 Å². The molecule has 1 saturated heterocycles. The number of aromatic nitrogens is 4. The van der Waals surface area contributed by atoms with Gasteiger partial charge in [0, 0.05) is 32.0 Å². The standard InChI is InChI=1S/C19H25N5.2C2HF3O2/c1-2-5-19-18(4-1)20-16-23(19)15-14-22-11-6-17(7-12-22)8-13-24-10-3-9-21-24;2*3-2(4,5)1(6)7/h1-5,9-10,16-17H,6-8,11-15H2;2*(H,6,7). The van der Waals surface area contributed by atoms with Crippen LogP contribution in [0, 0.1) is 5.92 Å². The second-order valence-electron chi connectivity index (χ2n) is 8.38. The number of rotatable bonds is 6. The number of likely N-dealkylation sites (tertiary alicyclic amines) is 1. The van der Waals surface area contributed by atoms with Gasteiger partial charge in [-0.2, -0.15) is 31.4 Å². The minimum absolute atomic E-state index is 0.847. The molecule has 1 fully saturated rings. The molecule has 9 nitrogen and oxygen atoms in total. The molecule has 3 aromatic rings. The third-order valence-corrected chi connectivity index (χ3v) is 5.70. The van der Waals surface area contributed by atoms with Crippen molar-refractivity contribution in [2.24, 2.45) is 5.92 Å². The molecule has 3 heterocycles. The van der Waals surface area contributed by atoms with E-state index in [0.29, 0.717) is 0 Å². The fourth-order valence-electron chi connectivity index (χ4n) is 3.68. The molecule has 1 aliphatic rings. The van der Waals surface area contributed by atoms with Gasteiger partial charge in [0.15, 0.2) is 0 Å². The molecule has 0 spiro atoms. The van der Waals surface area contributed by atoms with Crippen LogP contribution in [0.4, 0.5) is 26.3 Å². The molecule has 4 rings (SSSR count). The van der Waals surface area contributed by atoms with Crippen molar-refractivity contribution in [3.63, 3.8) is 0 Å². The number of nitrogens with zero attached hydrogens (tertiary/aromatic N) is 5. The predicted molar refractivity (Wildman–Crippen MR) is 123 cm³/mol. The Morgan fingerprint density at radius 1 is 0.895 bits per heavy atom. The Morgan fingerprint density at radius 2 is 1.47 bits per heavy atom. The lowest BCUT2D eigenvalue weighted by atomic mass is 9.93. The smallest absolute Gasteiger partial charge is 0.475 e. The summed E-state index contributed by atoms with van der Waals surface area (Å²) >= 11 is 0. The third-order valence-electron chi connectivity index (χ3n) is 5.70. The minimum atomic E-state index is -5.08. The van der Waals surface area contributed by atoms with Crippen molar-refractivity contribution in [1.82, 2.24) is 24.2 Å². The van der Waals surface area contributed by atoms with Gasteiger partial charge in [0.25, 0.3) is 0 Å². The first-order valence-corrected chi connectivity index (χ1v) is 11.5. The lowest BCUT2D eigenvalue weighted by Crippen LogP contribution is -2.36. The number of hydrogen-bond acceptors (Lipinski definition) is 5. The zero-order valence-electron chi connectivity index (χ0n) is 20.1. The van der Waals surface area contributed by atoms with Crippen LogP contribution in [0.1, 0.15) is 19.3 Å². The lowest BCUT2D eigenvalue weighted by Gasteiger charge is -2.32. The quantitative estimate of drug-likeness (QED) is 0.439. The number of aryl methyl sites for hydroxylation is 1. The van der Waals surface area contributed by atoms with Gasteiger partial charge in [-0.25, -0.2) is 14.6 Å². The van der Waals surface area contributed by atoms with Crippen LogP contribution < -0.4 is 0 Å². The summed E-state index contributed by atoms with van der Waals surface area (Å²) in [7, 11) is 0. The highest BCUT2D eigenvalue weighted by atomic mass is 19.4. The van der Waals surface area contributed by atoms with Crippen molar-refractivity contribution in [2.75, 3.05) is 19.6 Å². The average Bonchev–Trinajstić information content (AvgIpc) is 3.52. The Morgan fingerprint density at radius 3 is 2.00 bits per heavy atom. The van der Waals surface area contributed by atoms with Gasteiger partial charge in [-0.05, 0) is 56.5 Å². The summed E-state index contributed by atoms with van der Waals surface area (Å²) in [6.45, 7) is 5.64. The van der Waals surface area contributed by atoms with E-state index in [4.69, 9.17) is 19.8 Å². The SMILES string of the molecule is O=C(O)C(F)(F)F.O=C(O)C(F)(F)F.c1ccc2c(c1)ncn2CCN1CCC(CCn2cccn2)CC1. The molecular weight excluding hydrogens is 524 g/mol. The number of carboxylic acids is 2. The van der Waals surface area contributed by atoms with Gasteiger partial charge < -0.3 is 19.7 Å². The number of alkyl halides is 6. The van der Waals surface area contributed by atoms with Crippen molar-refractivity contribution in [3.05, 3.63) is 49.1 Å². The molecule has 0 bridgehead atoms. The highest BCUT2D eigenvalue weighted by Gasteiger charge is 2.38. The zero-order chi connectivity index (χ0) is 28.3. The average molecular weight is 551 g/mol. The first-order chi connectivity index (χ1) is 17.8. The van der Waals surface area contributed by atoms with Crippen molar-refractivity contribution < 1.29 is 46.1 Å². The van der Waals surface area contributed by atoms with Gasteiger partial charge in [-0.1, -0.05) is 12.1 Å². The van der Waals surface area contributed by atoms with E-state index in [0.717, 1.165) is 31.1 Å². The van der Waals surface area contributed by atoms with E-state index in [9.17, 15) is 26.3 Å². The first-order valence-electron chi connectivity index (χ1n) is 11.5. The Kier molecular flexibility index (Phi) is 11.1. The molecule has 0 radical (unpaired) electrons. The molecule has 2 N–H and O–H groups in total. The van der Waals surface area contributed by atoms with Gasteiger partial charge in [-0.15, -0.1) is 0 Å². The van der Waals surface area contributed by atoms with Gasteiger partial charge in [0.2, 0.25) is 0 Å². The fourth-order valence-corrected chi connectivity index (χ4v) is 3.68. The molecule has 15 heteroatoms. The van der Waals surface area contributed by atoms with Crippen LogP contribution in [-0.2, 0) is 22.7 Å². The van der Waals surface area contributed by atoms with E-state index in [1.165, 1.54) is 37.9 Å². The van der Waals surface area contributed by atoms with Crippen molar-refractivity contribution in [2.45, 2.75) is 44.7 Å². The summed E-state index contributed by atoms with van der Waals surface area (Å²) < 4.78 is 67.8. The number of carbonyl (C=O) groups is 2. The molecule has 38 heavy (non-hydrogen) atoms. The molecule has 2 aromatic heterocycles. The van der Waals surface area contributed by atoms with Crippen molar-refractivity contribution in [1.29, 1.82) is 0 Å². The summed E-state index contributed by atoms with van der Waals surface area (Å²) in [5.41, 5.74) is 2.33. The van der Waals surface area contributed by atoms with Crippen LogP contribution in [0.2, 0.25) is 0 Å². The maximum atomic E-state index is 10.6. The highest BCUT2D eigenvalue weighted by Crippen LogP contribution is 2.21. The van der Waals surface area contributed by atoms with Crippen molar-refractivity contribution >= 4 is 23.0 Å². The third kappa shape index (κ3) is 10.4. The summed E-state index contributed by atoms with van der Waals surface area (Å²) in [5.74, 6) is -4.67. The number of benzene rings is 1. The summed E-state index contributed by atoms with van der Waals surface area (Å²) in [4.78, 5) is 24.9. The van der Waals surface area contributed by atoms with Gasteiger partial charge in [-0.3, -0.25) is 4.68 Å². The molecule has 0 aliphatic carbocycles. The van der Waals surface area contributed by atoms with E-state index in [1.807, 2.05) is 24.7 Å². The van der Waals surface area contributed by atoms with E-state index >= 15 is 0 Å². The summed E-state index contributed by atoms with van der Waals surface area (Å²) in [6.07, 6.45) is -0.395. The highest BCUT2D eigenvalue weighted by molar-refractivity contribution is 5.75. The monoisotopic (exact) mass is 551 g/mol. The van der Waals surface area contributed by atoms with E-state index < -0.39 is 24.3 Å². The number of piperidine rings is 1. The van der Waals surface area contributed by atoms with Gasteiger partial charge in [0.1, 0.15) is 0 Å². The van der Waals surface area contributed by atoms with E-state index in [-0.39, 0.29) is 0 Å². The number of carboxylic acid groups (broad SMARTS) is 2.